The number of rotatable bonds is 11. The Labute approximate surface area is 270 Å². The van der Waals surface area contributed by atoms with Gasteiger partial charge in [0.1, 0.15) is 12.4 Å². The van der Waals surface area contributed by atoms with Gasteiger partial charge in [-0.2, -0.15) is 26.3 Å². The Bertz CT molecular complexity index is 1530. The van der Waals surface area contributed by atoms with E-state index in [9.17, 15) is 35.7 Å². The second-order valence-corrected chi connectivity index (χ2v) is 12.1. The first-order valence-electron chi connectivity index (χ1n) is 14.5. The average Bonchev–Trinajstić information content (AvgIpc) is 3.00. The molecule has 0 bridgehead atoms. The first-order valence-corrected chi connectivity index (χ1v) is 16.2. The van der Waals surface area contributed by atoms with Gasteiger partial charge in [0.15, 0.2) is 5.75 Å². The van der Waals surface area contributed by atoms with E-state index in [1.165, 1.54) is 24.5 Å². The highest BCUT2D eigenvalue weighted by atomic mass is 32.2. The number of amides is 1. The third-order valence-corrected chi connectivity index (χ3v) is 8.01. The lowest BCUT2D eigenvalue weighted by molar-refractivity contribution is -0.143. The van der Waals surface area contributed by atoms with Gasteiger partial charge in [-0.05, 0) is 49.6 Å². The van der Waals surface area contributed by atoms with Gasteiger partial charge in [0, 0.05) is 18.5 Å². The maximum atomic E-state index is 13.6. The highest BCUT2D eigenvalue weighted by Crippen LogP contribution is 2.41. The SMILES string of the molecule is CCOC(=O)N1c2ccc(OC)nc2[C@@H](Nc2ncc(OCC[S+](C)[O-])c(Cc3cc(C(F)(F)F)cc(C(F)(F)F)c3)n2)C[C@H]1CC. The number of nitrogens with zero attached hydrogens (tertiary/aromatic N) is 4. The second-order valence-electron chi connectivity index (χ2n) is 10.5. The van der Waals surface area contributed by atoms with Crippen molar-refractivity contribution < 1.29 is 49.9 Å². The van der Waals surface area contributed by atoms with Crippen molar-refractivity contribution in [3.63, 3.8) is 0 Å². The number of pyridine rings is 1. The summed E-state index contributed by atoms with van der Waals surface area (Å²) in [5.41, 5.74) is -2.39. The predicted octanol–water partition coefficient (Wildman–Crippen LogP) is 6.56. The van der Waals surface area contributed by atoms with Crippen LogP contribution in [0.1, 0.15) is 60.8 Å². The molecular weight excluding hydrogens is 656 g/mol. The zero-order valence-corrected chi connectivity index (χ0v) is 26.7. The molecule has 0 radical (unpaired) electrons. The molecule has 3 aromatic rings. The number of nitrogens with one attached hydrogen (secondary N) is 1. The fraction of sp³-hybridized carbons (Fsp3) is 0.467. The van der Waals surface area contributed by atoms with Crippen LogP contribution in [0.25, 0.3) is 0 Å². The molecule has 1 aromatic carbocycles. The predicted molar refractivity (Wildman–Crippen MR) is 161 cm³/mol. The fourth-order valence-electron chi connectivity index (χ4n) is 5.09. The van der Waals surface area contributed by atoms with Crippen molar-refractivity contribution in [1.82, 2.24) is 15.0 Å². The second kappa shape index (κ2) is 14.8. The van der Waals surface area contributed by atoms with Gasteiger partial charge in [0.25, 0.3) is 0 Å². The molecule has 1 aliphatic heterocycles. The summed E-state index contributed by atoms with van der Waals surface area (Å²) >= 11 is -1.24. The lowest BCUT2D eigenvalue weighted by Crippen LogP contribution is -2.46. The van der Waals surface area contributed by atoms with Crippen LogP contribution in [-0.2, 0) is 34.7 Å². The number of carbonyl (C=O) groups is 1. The van der Waals surface area contributed by atoms with Crippen LogP contribution >= 0.6 is 0 Å². The molecule has 3 heterocycles. The van der Waals surface area contributed by atoms with Gasteiger partial charge < -0.3 is 24.1 Å². The van der Waals surface area contributed by atoms with Gasteiger partial charge in [-0.25, -0.2) is 19.7 Å². The lowest BCUT2D eigenvalue weighted by Gasteiger charge is -2.39. The summed E-state index contributed by atoms with van der Waals surface area (Å²) in [6, 6.07) is 3.63. The number of hydrogen-bond acceptors (Lipinski definition) is 9. The molecule has 256 valence electrons. The minimum Gasteiger partial charge on any atom is -0.616 e. The molecule has 0 fully saturated rings. The van der Waals surface area contributed by atoms with Crippen molar-refractivity contribution in [2.45, 2.75) is 57.5 Å². The molecule has 2 aromatic heterocycles. The number of methoxy groups -OCH3 is 1. The highest BCUT2D eigenvalue weighted by Gasteiger charge is 2.39. The highest BCUT2D eigenvalue weighted by molar-refractivity contribution is 7.90. The summed E-state index contributed by atoms with van der Waals surface area (Å²) in [5.74, 6) is 0.353. The van der Waals surface area contributed by atoms with Crippen LogP contribution < -0.4 is 19.7 Å². The summed E-state index contributed by atoms with van der Waals surface area (Å²) in [6.07, 6.45) is -7.54. The Morgan fingerprint density at radius 1 is 1.09 bits per heavy atom. The average molecular weight is 690 g/mol. The smallest absolute Gasteiger partial charge is 0.416 e. The number of alkyl halides is 6. The zero-order valence-electron chi connectivity index (χ0n) is 25.9. The Balaban J connectivity index is 1.75. The Hall–Kier alpha value is -3.99. The molecule has 0 saturated heterocycles. The van der Waals surface area contributed by atoms with Gasteiger partial charge in [-0.1, -0.05) is 18.1 Å². The zero-order chi connectivity index (χ0) is 34.5. The molecule has 0 spiro atoms. The first kappa shape index (κ1) is 35.9. The number of halogens is 6. The van der Waals surface area contributed by atoms with Crippen LogP contribution in [0.4, 0.5) is 42.8 Å². The van der Waals surface area contributed by atoms with Crippen molar-refractivity contribution in [3.05, 3.63) is 64.6 Å². The summed E-state index contributed by atoms with van der Waals surface area (Å²) < 4.78 is 109. The number of aromatic nitrogens is 3. The van der Waals surface area contributed by atoms with Crippen LogP contribution in [0, 0.1) is 0 Å². The Morgan fingerprint density at radius 3 is 2.34 bits per heavy atom. The van der Waals surface area contributed by atoms with E-state index in [-0.39, 0.29) is 59.9 Å². The molecule has 47 heavy (non-hydrogen) atoms. The number of carbonyl (C=O) groups excluding carboxylic acids is 1. The van der Waals surface area contributed by atoms with Gasteiger partial charge in [-0.3, -0.25) is 4.90 Å². The number of fused-ring (bicyclic) bond motifs is 1. The van der Waals surface area contributed by atoms with Crippen molar-refractivity contribution in [3.8, 4) is 11.6 Å². The minimum atomic E-state index is -5.03. The van der Waals surface area contributed by atoms with E-state index < -0.39 is 53.2 Å². The topological polar surface area (TPSA) is 122 Å². The largest absolute Gasteiger partial charge is 0.616 e. The monoisotopic (exact) mass is 689 g/mol. The third-order valence-electron chi connectivity index (χ3n) is 7.26. The van der Waals surface area contributed by atoms with Crippen LogP contribution in [0.3, 0.4) is 0 Å². The molecule has 10 nitrogen and oxygen atoms in total. The van der Waals surface area contributed by atoms with E-state index in [0.717, 1.165) is 0 Å². The number of anilines is 2. The molecule has 1 N–H and O–H groups in total. The summed E-state index contributed by atoms with van der Waals surface area (Å²) in [6.45, 7) is 3.67. The van der Waals surface area contributed by atoms with Gasteiger partial charge in [-0.15, -0.1) is 0 Å². The van der Waals surface area contributed by atoms with Crippen LogP contribution in [-0.4, -0.2) is 64.0 Å². The van der Waals surface area contributed by atoms with Gasteiger partial charge in [0.2, 0.25) is 11.8 Å². The number of benzene rings is 1. The lowest BCUT2D eigenvalue weighted by atomic mass is 9.93. The minimum absolute atomic E-state index is 0.00395. The van der Waals surface area contributed by atoms with E-state index >= 15 is 0 Å². The summed E-state index contributed by atoms with van der Waals surface area (Å²) in [5, 5.41) is 3.16. The fourth-order valence-corrected chi connectivity index (χ4v) is 5.41. The van der Waals surface area contributed by atoms with E-state index in [4.69, 9.17) is 14.2 Å². The van der Waals surface area contributed by atoms with E-state index in [0.29, 0.717) is 36.4 Å². The number of ether oxygens (including phenoxy) is 3. The molecule has 1 amide bonds. The summed E-state index contributed by atoms with van der Waals surface area (Å²) in [4.78, 5) is 27.7. The maximum Gasteiger partial charge on any atom is 0.416 e. The quantitative estimate of drug-likeness (QED) is 0.176. The molecule has 0 aliphatic carbocycles. The van der Waals surface area contributed by atoms with Gasteiger partial charge >= 0.3 is 18.4 Å². The molecule has 1 aliphatic rings. The maximum absolute atomic E-state index is 13.6. The van der Waals surface area contributed by atoms with Crippen molar-refractivity contribution >= 4 is 28.9 Å². The summed E-state index contributed by atoms with van der Waals surface area (Å²) in [7, 11) is 1.43. The van der Waals surface area contributed by atoms with Gasteiger partial charge in [0.05, 0.1) is 60.4 Å². The normalized spacial score (nSPS) is 17.1. The molecule has 0 saturated carbocycles. The van der Waals surface area contributed by atoms with E-state index in [1.807, 2.05) is 6.92 Å². The molecular formula is C30H33F6N5O5S. The first-order chi connectivity index (χ1) is 22.1. The van der Waals surface area contributed by atoms with E-state index in [2.05, 4.69) is 20.3 Å². The van der Waals surface area contributed by atoms with Crippen molar-refractivity contribution in [2.24, 2.45) is 0 Å². The molecule has 1 unspecified atom stereocenters. The van der Waals surface area contributed by atoms with E-state index in [1.54, 1.807) is 19.1 Å². The van der Waals surface area contributed by atoms with Crippen LogP contribution in [0.15, 0.2) is 36.5 Å². The van der Waals surface area contributed by atoms with Crippen molar-refractivity contribution in [2.75, 3.05) is 42.5 Å². The molecule has 4 rings (SSSR count). The molecule has 17 heteroatoms. The standard InChI is InChI=1S/C30H33F6N5O5S/c1-5-20-15-22(26-23(7-8-25(40-26)44-3)41(20)28(42)45-6-2)39-27-37-16-24(46-9-10-47(4)43)21(38-27)13-17-11-18(29(31,32)33)14-19(12-17)30(34,35)36/h7-8,11-12,14,16,20,22H,5-6,9-10,13,15H2,1-4H3,(H,37,38,39)/t20-,22+,47?/m1/s1. The van der Waals surface area contributed by atoms with Crippen LogP contribution in [0.2, 0.25) is 0 Å². The van der Waals surface area contributed by atoms with Crippen molar-refractivity contribution in [1.29, 1.82) is 0 Å². The Morgan fingerprint density at radius 2 is 1.77 bits per heavy atom. The number of hydrogen-bond donors (Lipinski definition) is 1. The van der Waals surface area contributed by atoms with Crippen LogP contribution in [0.5, 0.6) is 11.6 Å². The molecule has 3 atom stereocenters. The third kappa shape index (κ3) is 8.88. The Kier molecular flexibility index (Phi) is 11.3.